The molecule has 0 spiro atoms. The van der Waals surface area contributed by atoms with Crippen molar-refractivity contribution in [2.45, 2.75) is 44.8 Å². The molecular weight excluding hydrogens is 368 g/mol. The van der Waals surface area contributed by atoms with Gasteiger partial charge in [-0.3, -0.25) is 24.6 Å². The van der Waals surface area contributed by atoms with E-state index < -0.39 is 11.9 Å². The fourth-order valence-corrected chi connectivity index (χ4v) is 4.23. The Bertz CT molecular complexity index is 922. The number of imide groups is 1. The number of benzene rings is 1. The van der Waals surface area contributed by atoms with Crippen LogP contribution in [0.1, 0.15) is 48.2 Å². The SMILES string of the molecule is CC(C)(C#Cc1cccc2c1CN(C1CCC(=O)NC1=O)C2=O)N1CCNCC1. The van der Waals surface area contributed by atoms with Gasteiger partial charge in [-0.05, 0) is 38.0 Å². The van der Waals surface area contributed by atoms with E-state index in [1.165, 1.54) is 0 Å². The van der Waals surface area contributed by atoms with E-state index >= 15 is 0 Å². The zero-order valence-corrected chi connectivity index (χ0v) is 16.9. The van der Waals surface area contributed by atoms with Crippen LogP contribution in [0.5, 0.6) is 0 Å². The van der Waals surface area contributed by atoms with Crippen molar-refractivity contribution in [2.75, 3.05) is 26.2 Å². The molecule has 2 fully saturated rings. The van der Waals surface area contributed by atoms with Gasteiger partial charge in [-0.15, -0.1) is 0 Å². The lowest BCUT2D eigenvalue weighted by Crippen LogP contribution is -2.52. The van der Waals surface area contributed by atoms with Gasteiger partial charge in [0.05, 0.1) is 5.54 Å². The van der Waals surface area contributed by atoms with Crippen molar-refractivity contribution in [1.82, 2.24) is 20.4 Å². The van der Waals surface area contributed by atoms with E-state index in [1.807, 2.05) is 12.1 Å². The Balaban J connectivity index is 1.58. The third kappa shape index (κ3) is 3.78. The number of hydrogen-bond acceptors (Lipinski definition) is 5. The van der Waals surface area contributed by atoms with Gasteiger partial charge in [0, 0.05) is 50.3 Å². The third-order valence-electron chi connectivity index (χ3n) is 5.99. The highest BCUT2D eigenvalue weighted by molar-refractivity contribution is 6.05. The first-order chi connectivity index (χ1) is 13.9. The zero-order valence-electron chi connectivity index (χ0n) is 16.9. The van der Waals surface area contributed by atoms with Crippen LogP contribution in [-0.4, -0.2) is 65.3 Å². The van der Waals surface area contributed by atoms with Gasteiger partial charge >= 0.3 is 0 Å². The number of hydrogen-bond donors (Lipinski definition) is 2. The van der Waals surface area contributed by atoms with E-state index in [4.69, 9.17) is 0 Å². The molecule has 0 radical (unpaired) electrons. The molecule has 4 rings (SSSR count). The van der Waals surface area contributed by atoms with Crippen molar-refractivity contribution < 1.29 is 14.4 Å². The summed E-state index contributed by atoms with van der Waals surface area (Å²) in [5, 5.41) is 5.69. The highest BCUT2D eigenvalue weighted by atomic mass is 16.2. The van der Waals surface area contributed by atoms with Crippen LogP contribution in [0, 0.1) is 11.8 Å². The number of nitrogens with zero attached hydrogens (tertiary/aromatic N) is 2. The molecule has 1 unspecified atom stereocenters. The lowest BCUT2D eigenvalue weighted by atomic mass is 9.99. The molecule has 3 aliphatic heterocycles. The van der Waals surface area contributed by atoms with Crippen LogP contribution in [0.25, 0.3) is 0 Å². The topological polar surface area (TPSA) is 81.8 Å². The predicted molar refractivity (Wildman–Crippen MR) is 108 cm³/mol. The largest absolute Gasteiger partial charge is 0.322 e. The predicted octanol–water partition coefficient (Wildman–Crippen LogP) is 0.483. The molecule has 0 aliphatic carbocycles. The van der Waals surface area contributed by atoms with Gasteiger partial charge < -0.3 is 10.2 Å². The van der Waals surface area contributed by atoms with Crippen LogP contribution in [0.15, 0.2) is 18.2 Å². The third-order valence-corrected chi connectivity index (χ3v) is 5.99. The standard InChI is InChI=1S/C22H26N4O3/c1-22(2,25-12-10-23-11-13-25)9-8-15-4-3-5-16-17(15)14-26(21(16)29)18-6-7-19(27)24-20(18)28/h3-5,18,23H,6-7,10-14H2,1-2H3,(H,24,27,28). The minimum atomic E-state index is -0.606. The smallest absolute Gasteiger partial charge is 0.255 e. The first-order valence-corrected chi connectivity index (χ1v) is 10.1. The molecule has 7 heteroatoms. The summed E-state index contributed by atoms with van der Waals surface area (Å²) in [4.78, 5) is 40.5. The van der Waals surface area contributed by atoms with Gasteiger partial charge in [0.15, 0.2) is 0 Å². The highest BCUT2D eigenvalue weighted by Crippen LogP contribution is 2.29. The Morgan fingerprint density at radius 1 is 1.14 bits per heavy atom. The molecule has 0 aromatic heterocycles. The molecule has 2 saturated heterocycles. The van der Waals surface area contributed by atoms with Gasteiger partial charge in [-0.2, -0.15) is 0 Å². The first-order valence-electron chi connectivity index (χ1n) is 10.1. The Labute approximate surface area is 170 Å². The molecule has 3 heterocycles. The molecule has 7 nitrogen and oxygen atoms in total. The minimum Gasteiger partial charge on any atom is -0.322 e. The summed E-state index contributed by atoms with van der Waals surface area (Å²) in [6.45, 7) is 8.42. The number of piperidine rings is 1. The Kier molecular flexibility index (Phi) is 5.15. The molecule has 3 aliphatic rings. The maximum absolute atomic E-state index is 12.9. The van der Waals surface area contributed by atoms with Gasteiger partial charge in [0.25, 0.3) is 5.91 Å². The molecule has 0 saturated carbocycles. The van der Waals surface area contributed by atoms with Crippen LogP contribution >= 0.6 is 0 Å². The van der Waals surface area contributed by atoms with E-state index in [9.17, 15) is 14.4 Å². The molecule has 1 aromatic rings. The van der Waals surface area contributed by atoms with Gasteiger partial charge in [-0.25, -0.2) is 0 Å². The van der Waals surface area contributed by atoms with E-state index in [0.29, 0.717) is 18.5 Å². The number of nitrogens with one attached hydrogen (secondary N) is 2. The Morgan fingerprint density at radius 2 is 1.90 bits per heavy atom. The van der Waals surface area contributed by atoms with E-state index in [0.717, 1.165) is 37.3 Å². The summed E-state index contributed by atoms with van der Waals surface area (Å²) in [6, 6.07) is 4.95. The second-order valence-corrected chi connectivity index (χ2v) is 8.28. The van der Waals surface area contributed by atoms with Crippen molar-refractivity contribution in [2.24, 2.45) is 0 Å². The number of rotatable bonds is 2. The van der Waals surface area contributed by atoms with Crippen LogP contribution in [0.4, 0.5) is 0 Å². The molecule has 29 heavy (non-hydrogen) atoms. The molecular formula is C22H26N4O3. The molecule has 152 valence electrons. The number of carbonyl (C=O) groups is 3. The summed E-state index contributed by atoms with van der Waals surface area (Å²) >= 11 is 0. The summed E-state index contributed by atoms with van der Waals surface area (Å²) in [5.74, 6) is 5.85. The summed E-state index contributed by atoms with van der Waals surface area (Å²) < 4.78 is 0. The van der Waals surface area contributed by atoms with E-state index in [2.05, 4.69) is 41.2 Å². The quantitative estimate of drug-likeness (QED) is 0.563. The lowest BCUT2D eigenvalue weighted by molar-refractivity contribution is -0.136. The van der Waals surface area contributed by atoms with Crippen LogP contribution in [0.3, 0.4) is 0 Å². The van der Waals surface area contributed by atoms with Crippen molar-refractivity contribution in [1.29, 1.82) is 0 Å². The maximum Gasteiger partial charge on any atom is 0.255 e. The van der Waals surface area contributed by atoms with E-state index in [1.54, 1.807) is 11.0 Å². The molecule has 2 N–H and O–H groups in total. The number of fused-ring (bicyclic) bond motifs is 1. The Morgan fingerprint density at radius 3 is 2.62 bits per heavy atom. The Hall–Kier alpha value is -2.69. The van der Waals surface area contributed by atoms with Crippen molar-refractivity contribution in [3.8, 4) is 11.8 Å². The van der Waals surface area contributed by atoms with Crippen LogP contribution in [-0.2, 0) is 16.1 Å². The van der Waals surface area contributed by atoms with Crippen molar-refractivity contribution >= 4 is 17.7 Å². The number of carbonyl (C=O) groups excluding carboxylic acids is 3. The van der Waals surface area contributed by atoms with Crippen LogP contribution in [0.2, 0.25) is 0 Å². The molecule has 1 atom stereocenters. The average Bonchev–Trinajstić information content (AvgIpc) is 3.04. The van der Waals surface area contributed by atoms with Gasteiger partial charge in [0.2, 0.25) is 11.8 Å². The van der Waals surface area contributed by atoms with Gasteiger partial charge in [-0.1, -0.05) is 17.9 Å². The highest BCUT2D eigenvalue weighted by Gasteiger charge is 2.39. The van der Waals surface area contributed by atoms with Gasteiger partial charge in [0.1, 0.15) is 6.04 Å². The number of piperazine rings is 1. The normalized spacial score (nSPS) is 22.8. The second kappa shape index (κ2) is 7.62. The van der Waals surface area contributed by atoms with Crippen molar-refractivity contribution in [3.63, 3.8) is 0 Å². The summed E-state index contributed by atoms with van der Waals surface area (Å²) in [7, 11) is 0. The molecule has 1 aromatic carbocycles. The maximum atomic E-state index is 12.9. The fraction of sp³-hybridized carbons (Fsp3) is 0.500. The summed E-state index contributed by atoms with van der Waals surface area (Å²) in [6.07, 6.45) is 0.615. The van der Waals surface area contributed by atoms with Crippen molar-refractivity contribution in [3.05, 3.63) is 34.9 Å². The zero-order chi connectivity index (χ0) is 20.6. The number of amides is 3. The second-order valence-electron chi connectivity index (χ2n) is 8.28. The monoisotopic (exact) mass is 394 g/mol. The average molecular weight is 394 g/mol. The molecule has 3 amide bonds. The van der Waals surface area contributed by atoms with E-state index in [-0.39, 0.29) is 23.8 Å². The summed E-state index contributed by atoms with van der Waals surface area (Å²) in [5.41, 5.74) is 2.03. The lowest BCUT2D eigenvalue weighted by Gasteiger charge is -2.37. The fourth-order valence-electron chi connectivity index (χ4n) is 4.23. The minimum absolute atomic E-state index is 0.167. The first kappa shape index (κ1) is 19.6. The molecule has 0 bridgehead atoms. The van der Waals surface area contributed by atoms with Crippen LogP contribution < -0.4 is 10.6 Å².